The van der Waals surface area contributed by atoms with Gasteiger partial charge >= 0.3 is 0 Å². The second-order valence-electron chi connectivity index (χ2n) is 9.08. The molecule has 35 heavy (non-hydrogen) atoms. The van der Waals surface area contributed by atoms with Gasteiger partial charge in [-0.3, -0.25) is 4.79 Å². The lowest BCUT2D eigenvalue weighted by Gasteiger charge is -2.39. The number of fused-ring (bicyclic) bond motifs is 2. The molecule has 0 unspecified atom stereocenters. The van der Waals surface area contributed by atoms with Crippen LogP contribution in [0.3, 0.4) is 0 Å². The highest BCUT2D eigenvalue weighted by Gasteiger charge is 2.32. The second-order valence-corrected chi connectivity index (χ2v) is 9.52. The molecule has 7 nitrogen and oxygen atoms in total. The van der Waals surface area contributed by atoms with Crippen LogP contribution in [0.2, 0.25) is 5.02 Å². The molecule has 2 aliphatic heterocycles. The summed E-state index contributed by atoms with van der Waals surface area (Å²) in [7, 11) is 1.97. The first kappa shape index (κ1) is 23.1. The zero-order valence-electron chi connectivity index (χ0n) is 19.7. The number of anilines is 2. The number of rotatable bonds is 3. The third-order valence-electron chi connectivity index (χ3n) is 6.50. The van der Waals surface area contributed by atoms with E-state index in [1.807, 2.05) is 43.4 Å². The molecule has 0 bridgehead atoms. The van der Waals surface area contributed by atoms with E-state index >= 15 is 0 Å². The zero-order chi connectivity index (χ0) is 24.6. The van der Waals surface area contributed by atoms with Crippen molar-refractivity contribution < 1.29 is 14.5 Å². The highest BCUT2D eigenvalue weighted by molar-refractivity contribution is 6.31. The molecular weight excluding hydrogens is 462 g/mol. The molecule has 0 amide bonds. The van der Waals surface area contributed by atoms with Crippen LogP contribution in [0.25, 0.3) is 0 Å². The molecule has 8 heteroatoms. The molecule has 0 radical (unpaired) electrons. The summed E-state index contributed by atoms with van der Waals surface area (Å²) in [6, 6.07) is 20.5. The molecule has 0 aromatic heterocycles. The van der Waals surface area contributed by atoms with Crippen molar-refractivity contribution in [3.05, 3.63) is 88.4 Å². The van der Waals surface area contributed by atoms with Gasteiger partial charge in [0.2, 0.25) is 0 Å². The van der Waals surface area contributed by atoms with Gasteiger partial charge in [0.05, 0.1) is 37.4 Å². The number of nitrogens with one attached hydrogen (secondary N) is 1. The molecule has 3 aromatic carbocycles. The monoisotopic (exact) mass is 487 g/mol. The number of hydrogen-bond donors (Lipinski definition) is 1. The molecule has 3 aromatic rings. The first-order chi connectivity index (χ1) is 16.8. The van der Waals surface area contributed by atoms with Crippen LogP contribution >= 0.6 is 11.6 Å². The van der Waals surface area contributed by atoms with Gasteiger partial charge in [0, 0.05) is 21.8 Å². The Labute approximate surface area is 209 Å². The van der Waals surface area contributed by atoms with Crippen molar-refractivity contribution in [2.24, 2.45) is 10.1 Å². The van der Waals surface area contributed by atoms with Crippen molar-refractivity contribution >= 4 is 46.2 Å². The van der Waals surface area contributed by atoms with Crippen LogP contribution in [0.1, 0.15) is 28.4 Å². The third kappa shape index (κ3) is 4.78. The number of quaternary nitrogens is 1. The minimum Gasteiger partial charge on any atom is -0.855 e. The average Bonchev–Trinajstić information content (AvgIpc) is 3.01. The number of amidine groups is 1. The van der Waals surface area contributed by atoms with Crippen molar-refractivity contribution in [2.45, 2.75) is 6.92 Å². The highest BCUT2D eigenvalue weighted by Crippen LogP contribution is 2.36. The van der Waals surface area contributed by atoms with E-state index in [0.29, 0.717) is 46.9 Å². The largest absolute Gasteiger partial charge is 0.855 e. The second kappa shape index (κ2) is 9.17. The van der Waals surface area contributed by atoms with Crippen LogP contribution in [0.5, 0.6) is 0 Å². The number of likely N-dealkylation sites (N-methyl/N-ethyl adjacent to an activating group) is 1. The molecule has 0 atom stereocenters. The molecule has 0 aliphatic carbocycles. The van der Waals surface area contributed by atoms with Crippen molar-refractivity contribution in [1.82, 2.24) is 4.90 Å². The predicted molar refractivity (Wildman–Crippen MR) is 138 cm³/mol. The van der Waals surface area contributed by atoms with Crippen molar-refractivity contribution in [3.8, 4) is 0 Å². The number of carbonyl (C=O) groups excluding carboxylic acids is 1. The van der Waals surface area contributed by atoms with E-state index in [0.717, 1.165) is 28.5 Å². The van der Waals surface area contributed by atoms with Gasteiger partial charge in [-0.2, -0.15) is 4.59 Å². The number of nitrogens with zero attached hydrogens (tertiary/aromatic N) is 4. The molecule has 1 N–H and O–H groups in total. The summed E-state index contributed by atoms with van der Waals surface area (Å²) in [4.78, 5) is 18.8. The van der Waals surface area contributed by atoms with Crippen LogP contribution in [-0.2, 0) is 0 Å². The van der Waals surface area contributed by atoms with Crippen LogP contribution in [-0.4, -0.2) is 60.2 Å². The summed E-state index contributed by atoms with van der Waals surface area (Å²) in [5.41, 5.74) is 4.78. The van der Waals surface area contributed by atoms with Crippen molar-refractivity contribution in [3.63, 3.8) is 0 Å². The zero-order valence-corrected chi connectivity index (χ0v) is 20.4. The molecule has 1 fully saturated rings. The highest BCUT2D eigenvalue weighted by atomic mass is 35.5. The Kier molecular flexibility index (Phi) is 6.05. The van der Waals surface area contributed by atoms with Gasteiger partial charge in [0.15, 0.2) is 5.78 Å². The number of benzene rings is 3. The number of aliphatic imine (C=N–C) groups is 1. The summed E-state index contributed by atoms with van der Waals surface area (Å²) in [6.07, 6.45) is 0. The summed E-state index contributed by atoms with van der Waals surface area (Å²) in [5.74, 6) is 0.576. The number of Topliss-reactive ketones (excluding diaryl/α,β-unsaturated/α-hetero) is 1. The van der Waals surface area contributed by atoms with Crippen LogP contribution in [0.15, 0.2) is 76.8 Å². The van der Waals surface area contributed by atoms with E-state index in [-0.39, 0.29) is 11.7 Å². The minimum absolute atomic E-state index is 0.0286. The first-order valence-electron chi connectivity index (χ1n) is 11.5. The SMILES string of the molecule is CC(=O)c1ccc(/C([O-])=N/[N+]2(C)CCN(C3=Nc4cc(Cl)ccc4Nc4ccccc43)CC2)cc1. The number of piperazine rings is 1. The lowest BCUT2D eigenvalue weighted by molar-refractivity contribution is -0.920. The Balaban J connectivity index is 1.39. The maximum absolute atomic E-state index is 12.8. The maximum Gasteiger partial charge on any atom is 0.159 e. The number of ketones is 1. The summed E-state index contributed by atoms with van der Waals surface area (Å²) in [6.45, 7) is 4.22. The van der Waals surface area contributed by atoms with E-state index in [2.05, 4.69) is 21.4 Å². The number of carbonyl (C=O) groups is 1. The van der Waals surface area contributed by atoms with Crippen LogP contribution in [0, 0.1) is 0 Å². The fourth-order valence-electron chi connectivity index (χ4n) is 4.38. The Bertz CT molecular complexity index is 1340. The molecule has 1 saturated heterocycles. The minimum atomic E-state index is -0.277. The fraction of sp³-hybridized carbons (Fsp3) is 0.222. The third-order valence-corrected chi connectivity index (χ3v) is 6.73. The Morgan fingerprint density at radius 1 is 1.03 bits per heavy atom. The molecule has 178 valence electrons. The molecule has 2 aliphatic rings. The van der Waals surface area contributed by atoms with E-state index < -0.39 is 0 Å². The van der Waals surface area contributed by atoms with Gasteiger partial charge in [0.25, 0.3) is 0 Å². The van der Waals surface area contributed by atoms with Gasteiger partial charge in [0.1, 0.15) is 18.9 Å². The lowest BCUT2D eigenvalue weighted by Crippen LogP contribution is -2.56. The summed E-state index contributed by atoms with van der Waals surface area (Å²) < 4.78 is 0.291. The van der Waals surface area contributed by atoms with Crippen LogP contribution in [0.4, 0.5) is 17.1 Å². The normalized spacial score (nSPS) is 16.9. The first-order valence-corrected chi connectivity index (χ1v) is 11.9. The van der Waals surface area contributed by atoms with Gasteiger partial charge in [-0.1, -0.05) is 53.1 Å². The van der Waals surface area contributed by atoms with Crippen molar-refractivity contribution in [2.75, 3.05) is 38.5 Å². The Morgan fingerprint density at radius 2 is 1.71 bits per heavy atom. The maximum atomic E-state index is 12.8. The predicted octanol–water partition coefficient (Wildman–Crippen LogP) is 4.16. The molecule has 5 rings (SSSR count). The van der Waals surface area contributed by atoms with Gasteiger partial charge in [-0.15, -0.1) is 0 Å². The Hall–Kier alpha value is -3.68. The van der Waals surface area contributed by atoms with Gasteiger partial charge < -0.3 is 15.3 Å². The number of para-hydroxylation sites is 1. The van der Waals surface area contributed by atoms with Gasteiger partial charge in [-0.05, 0) is 42.8 Å². The quantitative estimate of drug-likeness (QED) is 0.260. The van der Waals surface area contributed by atoms with E-state index in [4.69, 9.17) is 16.6 Å². The van der Waals surface area contributed by atoms with E-state index in [9.17, 15) is 9.90 Å². The summed E-state index contributed by atoms with van der Waals surface area (Å²) in [5, 5.41) is 21.5. The topological polar surface area (TPSA) is 80.1 Å². The molecular formula is C27H26ClN5O2. The number of hydrogen-bond acceptors (Lipinski definition) is 6. The van der Waals surface area contributed by atoms with E-state index in [1.54, 1.807) is 24.3 Å². The standard InChI is InChI=1S/C27H26ClN5O2/c1-18(34)19-7-9-20(10-8-19)27(35)31-33(2)15-13-32(14-16-33)26-22-5-3-4-6-23(22)29-24-12-11-21(28)17-25(24)30-26/h3-12,17H,13-16H2,1-2H3,(H-,29,30,31,35). The molecule has 0 saturated carbocycles. The average molecular weight is 488 g/mol. The lowest BCUT2D eigenvalue weighted by atomic mass is 10.1. The van der Waals surface area contributed by atoms with E-state index in [1.165, 1.54) is 6.92 Å². The Morgan fingerprint density at radius 3 is 2.43 bits per heavy atom. The van der Waals surface area contributed by atoms with Crippen LogP contribution < -0.4 is 10.4 Å². The fourth-order valence-corrected chi connectivity index (χ4v) is 4.55. The van der Waals surface area contributed by atoms with Gasteiger partial charge in [-0.25, -0.2) is 4.99 Å². The number of halogens is 1. The smallest absolute Gasteiger partial charge is 0.159 e. The molecule has 0 spiro atoms. The molecule has 2 heterocycles. The van der Waals surface area contributed by atoms with Crippen molar-refractivity contribution in [1.29, 1.82) is 0 Å². The summed E-state index contributed by atoms with van der Waals surface area (Å²) >= 11 is 6.26.